The third-order valence-corrected chi connectivity index (χ3v) is 11.0. The summed E-state index contributed by atoms with van der Waals surface area (Å²) < 4.78 is 134. The summed E-state index contributed by atoms with van der Waals surface area (Å²) in [6, 6.07) is 7.46. The van der Waals surface area contributed by atoms with Crippen molar-refractivity contribution in [2.75, 3.05) is 11.8 Å². The minimum atomic E-state index is -5.08. The molecule has 0 saturated heterocycles. The van der Waals surface area contributed by atoms with Crippen LogP contribution in [-0.4, -0.2) is 31.6 Å². The number of carboxylic acid groups (broad SMARTS) is 1. The lowest BCUT2D eigenvalue weighted by molar-refractivity contribution is -0.137. The SMILES string of the molecule is COc1cc(C(=O)O)c(F)cc1NS(=O)(=O)c1csc(-c2ccc(-c3ccc(C4=CCC(C(C)(C)C)CC4)cc3C(F)(F)F)cc2C(F)(F)F)n1. The van der Waals surface area contributed by atoms with Gasteiger partial charge < -0.3 is 9.84 Å². The molecule has 1 aliphatic carbocycles. The van der Waals surface area contributed by atoms with Crippen molar-refractivity contribution in [2.45, 2.75) is 57.4 Å². The van der Waals surface area contributed by atoms with Gasteiger partial charge in [-0.3, -0.25) is 4.72 Å². The molecule has 1 unspecified atom stereocenters. The molecule has 7 nitrogen and oxygen atoms in total. The van der Waals surface area contributed by atoms with Gasteiger partial charge in [-0.25, -0.2) is 14.2 Å². The number of halogens is 7. The molecule has 272 valence electrons. The molecule has 0 aliphatic heterocycles. The van der Waals surface area contributed by atoms with Crippen LogP contribution in [0.1, 0.15) is 67.1 Å². The third-order valence-electron chi connectivity index (χ3n) is 8.72. The van der Waals surface area contributed by atoms with Gasteiger partial charge in [0.1, 0.15) is 16.6 Å². The second kappa shape index (κ2) is 13.6. The first kappa shape index (κ1) is 37.8. The van der Waals surface area contributed by atoms with E-state index in [1.807, 2.05) is 10.8 Å². The van der Waals surface area contributed by atoms with E-state index in [2.05, 4.69) is 25.8 Å². The van der Waals surface area contributed by atoms with E-state index in [4.69, 9.17) is 9.84 Å². The lowest BCUT2D eigenvalue weighted by Crippen LogP contribution is -2.22. The van der Waals surface area contributed by atoms with Crippen molar-refractivity contribution in [3.63, 3.8) is 0 Å². The molecule has 0 spiro atoms. The van der Waals surface area contributed by atoms with Gasteiger partial charge in [0, 0.05) is 17.0 Å². The van der Waals surface area contributed by atoms with E-state index in [9.17, 15) is 43.9 Å². The molecule has 0 bridgehead atoms. The fourth-order valence-electron chi connectivity index (χ4n) is 5.92. The van der Waals surface area contributed by atoms with Crippen LogP contribution in [0.15, 0.2) is 65.0 Å². The number of ether oxygens (including phenoxy) is 1. The molecule has 4 aromatic rings. The highest BCUT2D eigenvalue weighted by molar-refractivity contribution is 7.92. The lowest BCUT2D eigenvalue weighted by Gasteiger charge is -2.33. The maximum Gasteiger partial charge on any atom is 0.417 e. The average molecular weight is 757 g/mol. The summed E-state index contributed by atoms with van der Waals surface area (Å²) in [6.45, 7) is 6.31. The molecular formula is C35H31F7N2O5S2. The van der Waals surface area contributed by atoms with Gasteiger partial charge in [-0.1, -0.05) is 51.1 Å². The Bertz CT molecular complexity index is 2130. The van der Waals surface area contributed by atoms with Crippen LogP contribution in [0.3, 0.4) is 0 Å². The number of hydrogen-bond donors (Lipinski definition) is 2. The largest absolute Gasteiger partial charge is 0.495 e. The molecule has 5 rings (SSSR count). The van der Waals surface area contributed by atoms with Crippen LogP contribution in [0.4, 0.5) is 36.4 Å². The molecule has 16 heteroatoms. The number of methoxy groups -OCH3 is 1. The quantitative estimate of drug-likeness (QED) is 0.173. The molecule has 1 aliphatic rings. The molecule has 3 aromatic carbocycles. The van der Waals surface area contributed by atoms with Crippen molar-refractivity contribution < 1.29 is 53.8 Å². The lowest BCUT2D eigenvalue weighted by atomic mass is 9.72. The molecule has 1 aromatic heterocycles. The second-order valence-corrected chi connectivity index (χ2v) is 15.5. The zero-order valence-electron chi connectivity index (χ0n) is 27.5. The Balaban J connectivity index is 1.51. The van der Waals surface area contributed by atoms with Crippen molar-refractivity contribution >= 4 is 38.6 Å². The molecule has 1 heterocycles. The topological polar surface area (TPSA) is 106 Å². The predicted octanol–water partition coefficient (Wildman–Crippen LogP) is 10.4. The van der Waals surface area contributed by atoms with E-state index in [0.717, 1.165) is 54.8 Å². The molecule has 0 fully saturated rings. The van der Waals surface area contributed by atoms with Crippen molar-refractivity contribution in [2.24, 2.45) is 11.3 Å². The number of rotatable bonds is 8. The Labute approximate surface area is 292 Å². The summed E-state index contributed by atoms with van der Waals surface area (Å²) in [5.41, 5.74) is -4.05. The number of alkyl halides is 6. The number of carbonyl (C=O) groups is 1. The molecule has 0 radical (unpaired) electrons. The third kappa shape index (κ3) is 8.06. The van der Waals surface area contributed by atoms with Crippen molar-refractivity contribution in [1.29, 1.82) is 0 Å². The summed E-state index contributed by atoms with van der Waals surface area (Å²) in [6.07, 6.45) is -6.00. The Morgan fingerprint density at radius 1 is 0.941 bits per heavy atom. The standard InChI is InChI=1S/C35H31F7N2O5S2/c1-33(2,3)21-9-5-18(6-10-21)19-7-11-22(25(13-19)34(37,38)39)20-8-12-23(26(14-20)35(40,41)42)31-43-30(17-50-31)51(47,48)44-28-16-27(36)24(32(45)46)15-29(28)49-4/h5,7-8,11-17,21,44H,6,9-10H2,1-4H3,(H,45,46). The highest BCUT2D eigenvalue weighted by Gasteiger charge is 2.38. The smallest absolute Gasteiger partial charge is 0.417 e. The first-order chi connectivity index (χ1) is 23.6. The second-order valence-electron chi connectivity index (χ2n) is 13.0. The Morgan fingerprint density at radius 2 is 1.55 bits per heavy atom. The molecule has 0 saturated carbocycles. The van der Waals surface area contributed by atoms with Gasteiger partial charge in [0.25, 0.3) is 10.0 Å². The first-order valence-corrected chi connectivity index (χ1v) is 17.7. The predicted molar refractivity (Wildman–Crippen MR) is 178 cm³/mol. The number of aromatic carboxylic acids is 1. The molecule has 0 amide bonds. The van der Waals surface area contributed by atoms with Crippen molar-refractivity contribution in [3.05, 3.63) is 88.1 Å². The van der Waals surface area contributed by atoms with Gasteiger partial charge in [-0.05, 0) is 71.1 Å². The highest BCUT2D eigenvalue weighted by Crippen LogP contribution is 2.45. The average Bonchev–Trinajstić information content (AvgIpc) is 3.54. The Kier molecular flexibility index (Phi) is 10.1. The number of nitrogens with one attached hydrogen (secondary N) is 1. The van der Waals surface area contributed by atoms with Crippen molar-refractivity contribution in [1.82, 2.24) is 4.98 Å². The normalized spacial score (nSPS) is 15.7. The minimum Gasteiger partial charge on any atom is -0.495 e. The van der Waals surface area contributed by atoms with Gasteiger partial charge in [0.05, 0.1) is 29.5 Å². The molecule has 1 atom stereocenters. The molecule has 51 heavy (non-hydrogen) atoms. The van der Waals surface area contributed by atoms with Gasteiger partial charge in [0.15, 0.2) is 5.03 Å². The van der Waals surface area contributed by atoms with E-state index < -0.39 is 77.7 Å². The maximum atomic E-state index is 14.5. The van der Waals surface area contributed by atoms with E-state index in [0.29, 0.717) is 47.8 Å². The molecule has 2 N–H and O–H groups in total. The molecular weight excluding hydrogens is 726 g/mol. The summed E-state index contributed by atoms with van der Waals surface area (Å²) >= 11 is 0.519. The monoisotopic (exact) mass is 756 g/mol. The van der Waals surface area contributed by atoms with Crippen LogP contribution in [-0.2, 0) is 22.4 Å². The number of anilines is 1. The van der Waals surface area contributed by atoms with Crippen LogP contribution in [0.25, 0.3) is 27.3 Å². The fraction of sp³-hybridized carbons (Fsp3) is 0.314. The van der Waals surface area contributed by atoms with Gasteiger partial charge in [-0.15, -0.1) is 11.3 Å². The summed E-state index contributed by atoms with van der Waals surface area (Å²) in [4.78, 5) is 15.1. The number of hydrogen-bond acceptors (Lipinski definition) is 6. The van der Waals surface area contributed by atoms with Crippen LogP contribution in [0.2, 0.25) is 0 Å². The number of thiazole rings is 1. The van der Waals surface area contributed by atoms with Crippen LogP contribution >= 0.6 is 11.3 Å². The first-order valence-electron chi connectivity index (χ1n) is 15.3. The fourth-order valence-corrected chi connectivity index (χ4v) is 8.11. The van der Waals surface area contributed by atoms with Gasteiger partial charge in [-0.2, -0.15) is 34.8 Å². The van der Waals surface area contributed by atoms with E-state index in [1.54, 1.807) is 0 Å². The number of sulfonamides is 1. The van der Waals surface area contributed by atoms with Crippen molar-refractivity contribution in [3.8, 4) is 27.4 Å². The van der Waals surface area contributed by atoms with E-state index in [-0.39, 0.29) is 16.7 Å². The zero-order chi connectivity index (χ0) is 37.7. The minimum absolute atomic E-state index is 0.0310. The Morgan fingerprint density at radius 3 is 2.12 bits per heavy atom. The Hall–Kier alpha value is -4.44. The van der Waals surface area contributed by atoms with E-state index >= 15 is 0 Å². The number of nitrogens with zero attached hydrogens (tertiary/aromatic N) is 1. The van der Waals surface area contributed by atoms with Crippen LogP contribution in [0.5, 0.6) is 5.75 Å². The van der Waals surface area contributed by atoms with Crippen LogP contribution in [0, 0.1) is 17.2 Å². The highest BCUT2D eigenvalue weighted by atomic mass is 32.2. The van der Waals surface area contributed by atoms with Crippen LogP contribution < -0.4 is 9.46 Å². The number of benzene rings is 3. The number of carboxylic acids is 1. The zero-order valence-corrected chi connectivity index (χ0v) is 29.1. The summed E-state index contributed by atoms with van der Waals surface area (Å²) in [5.74, 6) is -2.94. The maximum absolute atomic E-state index is 14.5. The van der Waals surface area contributed by atoms with E-state index in [1.165, 1.54) is 6.07 Å². The summed E-state index contributed by atoms with van der Waals surface area (Å²) in [5, 5.41) is 8.86. The number of aromatic nitrogens is 1. The van der Waals surface area contributed by atoms with Gasteiger partial charge in [0.2, 0.25) is 0 Å². The van der Waals surface area contributed by atoms with Gasteiger partial charge >= 0.3 is 18.3 Å². The summed E-state index contributed by atoms with van der Waals surface area (Å²) in [7, 11) is -3.61. The number of allylic oxidation sites excluding steroid dienone is 2.